The maximum Gasteiger partial charge on any atom is 0.407 e. The van der Waals surface area contributed by atoms with Crippen molar-refractivity contribution in [2.24, 2.45) is 0 Å². The molecule has 2 aromatic rings. The van der Waals surface area contributed by atoms with E-state index in [1.54, 1.807) is 11.8 Å². The average molecular weight is 469 g/mol. The molecule has 1 heterocycles. The van der Waals surface area contributed by atoms with Gasteiger partial charge in [-0.2, -0.15) is 11.8 Å². The predicted molar refractivity (Wildman–Crippen MR) is 127 cm³/mol. The lowest BCUT2D eigenvalue weighted by Gasteiger charge is -2.27. The van der Waals surface area contributed by atoms with Crippen molar-refractivity contribution in [1.29, 1.82) is 0 Å². The first-order valence-corrected chi connectivity index (χ1v) is 12.5. The fourth-order valence-corrected chi connectivity index (χ4v) is 5.23. The van der Waals surface area contributed by atoms with Crippen molar-refractivity contribution in [1.82, 2.24) is 10.2 Å². The third-order valence-electron chi connectivity index (χ3n) is 6.37. The second-order valence-corrected chi connectivity index (χ2v) is 9.32. The molecule has 0 saturated carbocycles. The zero-order chi connectivity index (χ0) is 23.4. The number of hydrogen-bond acceptors (Lipinski definition) is 5. The average Bonchev–Trinajstić information content (AvgIpc) is 3.43. The molecule has 174 valence electrons. The molecule has 2 aromatic carbocycles. The minimum absolute atomic E-state index is 0.0709. The zero-order valence-electron chi connectivity index (χ0n) is 18.5. The van der Waals surface area contributed by atoms with Crippen LogP contribution in [0, 0.1) is 0 Å². The summed E-state index contributed by atoms with van der Waals surface area (Å²) in [5, 5.41) is 12.1. The maximum atomic E-state index is 13.1. The van der Waals surface area contributed by atoms with E-state index in [4.69, 9.17) is 4.74 Å². The molecule has 4 rings (SSSR count). The molecule has 0 radical (unpaired) electrons. The Morgan fingerprint density at radius 1 is 1.12 bits per heavy atom. The molecule has 0 bridgehead atoms. The van der Waals surface area contributed by atoms with Gasteiger partial charge in [-0.25, -0.2) is 9.59 Å². The van der Waals surface area contributed by atoms with Crippen molar-refractivity contribution in [2.75, 3.05) is 25.2 Å². The van der Waals surface area contributed by atoms with E-state index in [0.29, 0.717) is 31.6 Å². The lowest BCUT2D eigenvalue weighted by atomic mass is 9.98. The molecular weight excluding hydrogens is 440 g/mol. The van der Waals surface area contributed by atoms with Gasteiger partial charge in [-0.15, -0.1) is 0 Å². The van der Waals surface area contributed by atoms with Crippen LogP contribution in [-0.2, 0) is 14.3 Å². The minimum atomic E-state index is -1.01. The van der Waals surface area contributed by atoms with Gasteiger partial charge < -0.3 is 20.1 Å². The topological polar surface area (TPSA) is 95.9 Å². The molecule has 0 spiro atoms. The van der Waals surface area contributed by atoms with Crippen LogP contribution in [0.3, 0.4) is 0 Å². The van der Waals surface area contributed by atoms with Crippen molar-refractivity contribution in [3.63, 3.8) is 0 Å². The summed E-state index contributed by atoms with van der Waals surface area (Å²) < 4.78 is 5.59. The van der Waals surface area contributed by atoms with E-state index in [1.807, 2.05) is 42.7 Å². The number of aliphatic carboxylic acids is 1. The second-order valence-electron chi connectivity index (χ2n) is 8.33. The Bertz CT molecular complexity index is 997. The van der Waals surface area contributed by atoms with Gasteiger partial charge in [-0.3, -0.25) is 4.79 Å². The zero-order valence-corrected chi connectivity index (χ0v) is 19.3. The highest BCUT2D eigenvalue weighted by molar-refractivity contribution is 7.98. The number of benzene rings is 2. The van der Waals surface area contributed by atoms with Crippen LogP contribution in [0.25, 0.3) is 11.1 Å². The van der Waals surface area contributed by atoms with Gasteiger partial charge in [0.25, 0.3) is 0 Å². The van der Waals surface area contributed by atoms with Crippen LogP contribution in [0.2, 0.25) is 0 Å². The van der Waals surface area contributed by atoms with Gasteiger partial charge in [0.1, 0.15) is 18.7 Å². The van der Waals surface area contributed by atoms with Crippen LogP contribution in [0.1, 0.15) is 36.3 Å². The van der Waals surface area contributed by atoms with Gasteiger partial charge in [0.05, 0.1) is 0 Å². The van der Waals surface area contributed by atoms with E-state index in [2.05, 4.69) is 17.4 Å². The number of carboxylic acid groups (broad SMARTS) is 1. The molecule has 2 amide bonds. The SMILES string of the molecule is CSCCC(NC(=O)OCC1c2ccccc2-c2ccccc21)C(=O)N1CCC[C@@H]1C(=O)O. The number of carbonyl (C=O) groups is 3. The van der Waals surface area contributed by atoms with Crippen molar-refractivity contribution >= 4 is 29.7 Å². The van der Waals surface area contributed by atoms with E-state index in [9.17, 15) is 19.5 Å². The lowest BCUT2D eigenvalue weighted by molar-refractivity contribution is -0.149. The summed E-state index contributed by atoms with van der Waals surface area (Å²) in [4.78, 5) is 38.7. The summed E-state index contributed by atoms with van der Waals surface area (Å²) in [5.41, 5.74) is 4.51. The molecular formula is C25H28N2O5S. The number of alkyl carbamates (subject to hydrolysis) is 1. The highest BCUT2D eigenvalue weighted by Gasteiger charge is 2.38. The molecule has 0 aromatic heterocycles. The van der Waals surface area contributed by atoms with Gasteiger partial charge in [-0.1, -0.05) is 48.5 Å². The summed E-state index contributed by atoms with van der Waals surface area (Å²) in [5.74, 6) is -0.780. The van der Waals surface area contributed by atoms with E-state index >= 15 is 0 Å². The summed E-state index contributed by atoms with van der Waals surface area (Å²) in [6, 6.07) is 14.5. The third-order valence-corrected chi connectivity index (χ3v) is 7.01. The monoisotopic (exact) mass is 468 g/mol. The Kier molecular flexibility index (Phi) is 7.23. The molecule has 1 aliphatic heterocycles. The first-order chi connectivity index (χ1) is 16.0. The van der Waals surface area contributed by atoms with E-state index in [-0.39, 0.29) is 18.4 Å². The van der Waals surface area contributed by atoms with Crippen molar-refractivity contribution in [3.8, 4) is 11.1 Å². The highest BCUT2D eigenvalue weighted by atomic mass is 32.2. The normalized spacial score (nSPS) is 17.8. The molecule has 2 atom stereocenters. The van der Waals surface area contributed by atoms with Gasteiger partial charge in [-0.05, 0) is 53.5 Å². The van der Waals surface area contributed by atoms with Gasteiger partial charge in [0.2, 0.25) is 5.91 Å². The van der Waals surface area contributed by atoms with Crippen LogP contribution in [0.5, 0.6) is 0 Å². The van der Waals surface area contributed by atoms with Gasteiger partial charge in [0, 0.05) is 12.5 Å². The number of carboxylic acids is 1. The fourth-order valence-electron chi connectivity index (χ4n) is 4.76. The van der Waals surface area contributed by atoms with E-state index in [1.165, 1.54) is 4.90 Å². The van der Waals surface area contributed by atoms with Crippen LogP contribution < -0.4 is 5.32 Å². The number of carbonyl (C=O) groups excluding carboxylic acids is 2. The van der Waals surface area contributed by atoms with Gasteiger partial charge in [0.15, 0.2) is 0 Å². The molecule has 1 fully saturated rings. The third kappa shape index (κ3) is 4.85. The maximum absolute atomic E-state index is 13.1. The van der Waals surface area contributed by atoms with Gasteiger partial charge >= 0.3 is 12.1 Å². The first kappa shape index (κ1) is 23.2. The number of likely N-dealkylation sites (tertiary alicyclic amines) is 1. The largest absolute Gasteiger partial charge is 0.480 e. The number of thioether (sulfide) groups is 1. The Labute approximate surface area is 197 Å². The van der Waals surface area contributed by atoms with E-state index in [0.717, 1.165) is 22.3 Å². The summed E-state index contributed by atoms with van der Waals surface area (Å²) in [6.07, 6.45) is 2.74. The summed E-state index contributed by atoms with van der Waals surface area (Å²) >= 11 is 1.56. The predicted octanol–water partition coefficient (Wildman–Crippen LogP) is 3.72. The quantitative estimate of drug-likeness (QED) is 0.613. The van der Waals surface area contributed by atoms with Crippen LogP contribution in [0.15, 0.2) is 48.5 Å². The number of hydrogen-bond donors (Lipinski definition) is 2. The molecule has 1 saturated heterocycles. The molecule has 1 unspecified atom stereocenters. The summed E-state index contributed by atoms with van der Waals surface area (Å²) in [7, 11) is 0. The van der Waals surface area contributed by atoms with Crippen LogP contribution in [-0.4, -0.2) is 65.2 Å². The molecule has 7 nitrogen and oxygen atoms in total. The Balaban J connectivity index is 1.43. The first-order valence-electron chi connectivity index (χ1n) is 11.1. The molecule has 1 aliphatic carbocycles. The van der Waals surface area contributed by atoms with Crippen molar-refractivity contribution in [2.45, 2.75) is 37.3 Å². The Hall–Kier alpha value is -3.00. The van der Waals surface area contributed by atoms with Crippen molar-refractivity contribution in [3.05, 3.63) is 59.7 Å². The number of fused-ring (bicyclic) bond motifs is 3. The van der Waals surface area contributed by atoms with Crippen molar-refractivity contribution < 1.29 is 24.2 Å². The summed E-state index contributed by atoms with van der Waals surface area (Å²) in [6.45, 7) is 0.544. The molecule has 2 aliphatic rings. The number of ether oxygens (including phenoxy) is 1. The lowest BCUT2D eigenvalue weighted by Crippen LogP contribution is -2.52. The van der Waals surface area contributed by atoms with Crippen LogP contribution in [0.4, 0.5) is 4.79 Å². The fraction of sp³-hybridized carbons (Fsp3) is 0.400. The second kappa shape index (κ2) is 10.3. The smallest absolute Gasteiger partial charge is 0.407 e. The van der Waals surface area contributed by atoms with Crippen LogP contribution >= 0.6 is 11.8 Å². The Morgan fingerprint density at radius 2 is 1.76 bits per heavy atom. The highest BCUT2D eigenvalue weighted by Crippen LogP contribution is 2.44. The molecule has 8 heteroatoms. The van der Waals surface area contributed by atoms with E-state index < -0.39 is 24.1 Å². The molecule has 2 N–H and O–H groups in total. The number of amides is 2. The standard InChI is InChI=1S/C25H28N2O5S/c1-33-14-12-21(23(28)27-13-6-11-22(27)24(29)30)26-25(31)32-15-20-18-9-4-2-7-16(18)17-8-3-5-10-19(17)20/h2-5,7-10,20-22H,6,11-15H2,1H3,(H,26,31)(H,29,30)/t21?,22-/m1/s1. The number of nitrogens with zero attached hydrogens (tertiary/aromatic N) is 1. The Morgan fingerprint density at radius 3 is 2.36 bits per heavy atom. The number of nitrogens with one attached hydrogen (secondary N) is 1. The minimum Gasteiger partial charge on any atom is -0.480 e. The molecule has 33 heavy (non-hydrogen) atoms. The number of rotatable bonds is 8.